The number of ether oxygens (including phenoxy) is 1. The van der Waals surface area contributed by atoms with Crippen LogP contribution in [0.3, 0.4) is 0 Å². The standard InChI is InChI=1S/C30H30N2O6/c1-5-38-24-15-10-21(16-18(24)2)28(35)26-27(20-8-13-22(14-9-20)31(3)4)32(30(37)29(26)36)23-11-6-19(7-12-23)17-25(33)34/h6-16,27,35H,5,17H2,1-4H3,(H,33,34)/b28-26-. The van der Waals surface area contributed by atoms with Crippen LogP contribution in [-0.2, 0) is 20.8 Å². The smallest absolute Gasteiger partial charge is 0.307 e. The lowest BCUT2D eigenvalue weighted by molar-refractivity contribution is -0.136. The fraction of sp³-hybridized carbons (Fsp3) is 0.233. The summed E-state index contributed by atoms with van der Waals surface area (Å²) in [4.78, 5) is 41.2. The van der Waals surface area contributed by atoms with Crippen LogP contribution in [0.15, 0.2) is 72.3 Å². The third-order valence-electron chi connectivity index (χ3n) is 6.49. The zero-order valence-corrected chi connectivity index (χ0v) is 21.8. The van der Waals surface area contributed by atoms with Gasteiger partial charge in [-0.3, -0.25) is 19.3 Å². The van der Waals surface area contributed by atoms with Gasteiger partial charge in [0, 0.05) is 31.0 Å². The predicted octanol–water partition coefficient (Wildman–Crippen LogP) is 4.71. The number of carboxylic acid groups (broad SMARTS) is 1. The van der Waals surface area contributed by atoms with Crippen molar-refractivity contribution in [3.63, 3.8) is 0 Å². The number of hydrogen-bond acceptors (Lipinski definition) is 6. The number of aryl methyl sites for hydroxylation is 1. The van der Waals surface area contributed by atoms with Crippen LogP contribution >= 0.6 is 0 Å². The fourth-order valence-electron chi connectivity index (χ4n) is 4.59. The maximum atomic E-state index is 13.4. The van der Waals surface area contributed by atoms with Crippen LogP contribution in [0.2, 0.25) is 0 Å². The number of Topliss-reactive ketones (excluding diaryl/α,β-unsaturated/α-hetero) is 1. The lowest BCUT2D eigenvalue weighted by Gasteiger charge is -2.26. The summed E-state index contributed by atoms with van der Waals surface area (Å²) in [6, 6.07) is 18.1. The quantitative estimate of drug-likeness (QED) is 0.255. The van der Waals surface area contributed by atoms with Crippen molar-refractivity contribution in [3.05, 3.63) is 94.6 Å². The number of aliphatic carboxylic acids is 1. The second kappa shape index (κ2) is 10.8. The predicted molar refractivity (Wildman–Crippen MR) is 146 cm³/mol. The van der Waals surface area contributed by atoms with Crippen LogP contribution in [0, 0.1) is 6.92 Å². The minimum atomic E-state index is -0.968. The van der Waals surface area contributed by atoms with Crippen molar-refractivity contribution >= 4 is 34.8 Å². The Bertz CT molecular complexity index is 1410. The molecule has 3 aromatic rings. The van der Waals surface area contributed by atoms with Gasteiger partial charge in [-0.1, -0.05) is 24.3 Å². The molecule has 8 nitrogen and oxygen atoms in total. The summed E-state index contributed by atoms with van der Waals surface area (Å²) < 4.78 is 5.60. The number of aliphatic hydroxyl groups is 1. The molecule has 1 fully saturated rings. The van der Waals surface area contributed by atoms with Crippen molar-refractivity contribution in [2.75, 3.05) is 30.5 Å². The van der Waals surface area contributed by atoms with Gasteiger partial charge in [-0.05, 0) is 73.0 Å². The van der Waals surface area contributed by atoms with Crippen molar-refractivity contribution in [3.8, 4) is 5.75 Å². The van der Waals surface area contributed by atoms with Gasteiger partial charge in [-0.2, -0.15) is 0 Å². The van der Waals surface area contributed by atoms with E-state index in [9.17, 15) is 19.5 Å². The number of anilines is 2. The highest BCUT2D eigenvalue weighted by Gasteiger charge is 2.47. The number of rotatable bonds is 8. The van der Waals surface area contributed by atoms with Gasteiger partial charge in [0.25, 0.3) is 11.7 Å². The van der Waals surface area contributed by atoms with Gasteiger partial charge >= 0.3 is 5.97 Å². The van der Waals surface area contributed by atoms with Crippen molar-refractivity contribution in [2.24, 2.45) is 0 Å². The summed E-state index contributed by atoms with van der Waals surface area (Å²) in [5.74, 6) is -2.15. The molecule has 1 aliphatic heterocycles. The zero-order chi connectivity index (χ0) is 27.6. The number of carboxylic acids is 1. The summed E-state index contributed by atoms with van der Waals surface area (Å²) in [5.41, 5.74) is 3.73. The van der Waals surface area contributed by atoms with E-state index >= 15 is 0 Å². The molecular weight excluding hydrogens is 484 g/mol. The van der Waals surface area contributed by atoms with E-state index in [-0.39, 0.29) is 17.8 Å². The van der Waals surface area contributed by atoms with Crippen LogP contribution in [-0.4, -0.2) is 48.6 Å². The second-order valence-electron chi connectivity index (χ2n) is 9.31. The Kier molecular flexibility index (Phi) is 7.52. The highest BCUT2D eigenvalue weighted by atomic mass is 16.5. The first kappa shape index (κ1) is 26.5. The van der Waals surface area contributed by atoms with Crippen molar-refractivity contribution in [1.82, 2.24) is 0 Å². The molecule has 0 aliphatic carbocycles. The second-order valence-corrected chi connectivity index (χ2v) is 9.31. The van der Waals surface area contributed by atoms with E-state index in [0.29, 0.717) is 34.7 Å². The SMILES string of the molecule is CCOc1ccc(/C(O)=C2/C(=O)C(=O)N(c3ccc(CC(=O)O)cc3)C2c2ccc(N(C)C)cc2)cc1C. The van der Waals surface area contributed by atoms with Crippen molar-refractivity contribution in [2.45, 2.75) is 26.3 Å². The zero-order valence-electron chi connectivity index (χ0n) is 21.8. The minimum absolute atomic E-state index is 0.0224. The average molecular weight is 515 g/mol. The van der Waals surface area contributed by atoms with Crippen LogP contribution in [0.1, 0.15) is 35.2 Å². The summed E-state index contributed by atoms with van der Waals surface area (Å²) in [6.07, 6.45) is -0.161. The molecule has 0 saturated carbocycles. The molecule has 1 atom stereocenters. The number of benzene rings is 3. The van der Waals surface area contributed by atoms with Crippen LogP contribution < -0.4 is 14.5 Å². The number of carbonyl (C=O) groups is 3. The molecule has 1 aliphatic rings. The molecule has 3 aromatic carbocycles. The average Bonchev–Trinajstić information content (AvgIpc) is 3.15. The highest BCUT2D eigenvalue weighted by molar-refractivity contribution is 6.51. The molecule has 1 amide bonds. The molecule has 0 radical (unpaired) electrons. The topological polar surface area (TPSA) is 107 Å². The first-order valence-corrected chi connectivity index (χ1v) is 12.2. The fourth-order valence-corrected chi connectivity index (χ4v) is 4.59. The molecule has 196 valence electrons. The van der Waals surface area contributed by atoms with E-state index in [1.165, 1.54) is 4.90 Å². The van der Waals surface area contributed by atoms with Crippen LogP contribution in [0.4, 0.5) is 11.4 Å². The summed E-state index contributed by atoms with van der Waals surface area (Å²) in [6.45, 7) is 4.21. The molecule has 1 unspecified atom stereocenters. The van der Waals surface area contributed by atoms with Gasteiger partial charge in [0.15, 0.2) is 0 Å². The summed E-state index contributed by atoms with van der Waals surface area (Å²) in [7, 11) is 3.82. The van der Waals surface area contributed by atoms with E-state index in [2.05, 4.69) is 0 Å². The van der Waals surface area contributed by atoms with Gasteiger partial charge in [0.2, 0.25) is 0 Å². The molecule has 0 aromatic heterocycles. The van der Waals surface area contributed by atoms with E-state index in [1.807, 2.05) is 57.1 Å². The molecule has 1 heterocycles. The third kappa shape index (κ3) is 5.11. The Balaban J connectivity index is 1.86. The number of aliphatic hydroxyl groups excluding tert-OH is 1. The summed E-state index contributed by atoms with van der Waals surface area (Å²) >= 11 is 0. The molecule has 8 heteroatoms. The van der Waals surface area contributed by atoms with E-state index in [4.69, 9.17) is 9.84 Å². The Morgan fingerprint density at radius 2 is 1.63 bits per heavy atom. The number of ketones is 1. The maximum absolute atomic E-state index is 13.4. The highest BCUT2D eigenvalue weighted by Crippen LogP contribution is 2.42. The van der Waals surface area contributed by atoms with Gasteiger partial charge in [0.1, 0.15) is 11.5 Å². The Morgan fingerprint density at radius 3 is 2.18 bits per heavy atom. The largest absolute Gasteiger partial charge is 0.507 e. The third-order valence-corrected chi connectivity index (χ3v) is 6.49. The van der Waals surface area contributed by atoms with Gasteiger partial charge in [-0.25, -0.2) is 0 Å². The first-order chi connectivity index (χ1) is 18.1. The van der Waals surface area contributed by atoms with Crippen molar-refractivity contribution in [1.29, 1.82) is 0 Å². The van der Waals surface area contributed by atoms with Crippen molar-refractivity contribution < 1.29 is 29.3 Å². The molecule has 1 saturated heterocycles. The van der Waals surface area contributed by atoms with E-state index in [0.717, 1.165) is 11.3 Å². The maximum Gasteiger partial charge on any atom is 0.307 e. The van der Waals surface area contributed by atoms with Gasteiger partial charge in [0.05, 0.1) is 24.6 Å². The number of amides is 1. The van der Waals surface area contributed by atoms with Gasteiger partial charge < -0.3 is 19.8 Å². The van der Waals surface area contributed by atoms with E-state index in [1.54, 1.807) is 42.5 Å². The first-order valence-electron chi connectivity index (χ1n) is 12.2. The Morgan fingerprint density at radius 1 is 0.974 bits per heavy atom. The Labute approximate surface area is 221 Å². The number of carbonyl (C=O) groups excluding carboxylic acids is 2. The monoisotopic (exact) mass is 514 g/mol. The number of hydrogen-bond donors (Lipinski definition) is 2. The normalized spacial score (nSPS) is 16.5. The molecule has 0 bridgehead atoms. The molecule has 0 spiro atoms. The molecular formula is C30H30N2O6. The van der Waals surface area contributed by atoms with E-state index < -0.39 is 23.7 Å². The van der Waals surface area contributed by atoms with Gasteiger partial charge in [-0.15, -0.1) is 0 Å². The Hall–Kier alpha value is -4.59. The number of nitrogens with zero attached hydrogens (tertiary/aromatic N) is 2. The molecule has 2 N–H and O–H groups in total. The van der Waals surface area contributed by atoms with Crippen LogP contribution in [0.25, 0.3) is 5.76 Å². The minimum Gasteiger partial charge on any atom is -0.507 e. The lowest BCUT2D eigenvalue weighted by Crippen LogP contribution is -2.29. The molecule has 4 rings (SSSR count). The lowest BCUT2D eigenvalue weighted by atomic mass is 9.94. The van der Waals surface area contributed by atoms with Crippen LogP contribution in [0.5, 0.6) is 5.75 Å². The summed E-state index contributed by atoms with van der Waals surface area (Å²) in [5, 5.41) is 20.5. The molecule has 38 heavy (non-hydrogen) atoms.